The summed E-state index contributed by atoms with van der Waals surface area (Å²) < 4.78 is 5.46. The lowest BCUT2D eigenvalue weighted by Crippen LogP contribution is -2.17. The van der Waals surface area contributed by atoms with Gasteiger partial charge in [0.15, 0.2) is 0 Å². The normalized spacial score (nSPS) is 9.88. The van der Waals surface area contributed by atoms with Crippen molar-refractivity contribution in [2.45, 2.75) is 6.42 Å². The second kappa shape index (κ2) is 7.46. The van der Waals surface area contributed by atoms with Gasteiger partial charge in [0, 0.05) is 6.54 Å². The highest BCUT2D eigenvalue weighted by Gasteiger charge is 2.01. The van der Waals surface area contributed by atoms with Crippen molar-refractivity contribution in [1.82, 2.24) is 5.32 Å². The van der Waals surface area contributed by atoms with Gasteiger partial charge in [-0.15, -0.1) is 6.58 Å². The van der Waals surface area contributed by atoms with Crippen LogP contribution in [0.5, 0.6) is 5.75 Å². The largest absolute Gasteiger partial charge is 0.494 e. The van der Waals surface area contributed by atoms with Gasteiger partial charge < -0.3 is 15.2 Å². The molecule has 0 fully saturated rings. The lowest BCUT2D eigenvalue weighted by atomic mass is 10.2. The van der Waals surface area contributed by atoms with Crippen LogP contribution >= 0.6 is 0 Å². The first-order valence-corrected chi connectivity index (χ1v) is 5.52. The number of hydrogen-bond acceptors (Lipinski definition) is 3. The second-order valence-electron chi connectivity index (χ2n) is 3.52. The molecule has 4 nitrogen and oxygen atoms in total. The Morgan fingerprint density at radius 2 is 2.12 bits per heavy atom. The number of aromatic carboxylic acids is 1. The van der Waals surface area contributed by atoms with Crippen molar-refractivity contribution in [3.05, 3.63) is 42.5 Å². The van der Waals surface area contributed by atoms with E-state index in [0.717, 1.165) is 19.5 Å². The van der Waals surface area contributed by atoms with Crippen molar-refractivity contribution >= 4 is 5.97 Å². The van der Waals surface area contributed by atoms with Crippen molar-refractivity contribution in [3.8, 4) is 5.75 Å². The van der Waals surface area contributed by atoms with Gasteiger partial charge in [-0.3, -0.25) is 0 Å². The van der Waals surface area contributed by atoms with Gasteiger partial charge in [0.1, 0.15) is 5.75 Å². The zero-order valence-corrected chi connectivity index (χ0v) is 9.69. The summed E-state index contributed by atoms with van der Waals surface area (Å²) in [7, 11) is 0. The van der Waals surface area contributed by atoms with Gasteiger partial charge >= 0.3 is 5.97 Å². The highest BCUT2D eigenvalue weighted by atomic mass is 16.5. The Kier molecular flexibility index (Phi) is 5.82. The van der Waals surface area contributed by atoms with E-state index in [-0.39, 0.29) is 5.56 Å². The first kappa shape index (κ1) is 13.3. The Labute approximate surface area is 101 Å². The summed E-state index contributed by atoms with van der Waals surface area (Å²) in [6.07, 6.45) is 2.71. The van der Waals surface area contributed by atoms with E-state index < -0.39 is 5.97 Å². The molecule has 0 heterocycles. The third-order valence-corrected chi connectivity index (χ3v) is 2.16. The molecule has 1 aromatic rings. The number of ether oxygens (including phenoxy) is 1. The molecule has 17 heavy (non-hydrogen) atoms. The summed E-state index contributed by atoms with van der Waals surface area (Å²) in [5.74, 6) is -0.233. The Hall–Kier alpha value is -1.81. The lowest BCUT2D eigenvalue weighted by Gasteiger charge is -2.06. The van der Waals surface area contributed by atoms with E-state index >= 15 is 0 Å². The third kappa shape index (κ3) is 5.17. The summed E-state index contributed by atoms with van der Waals surface area (Å²) in [5.41, 5.74) is 0.269. The van der Waals surface area contributed by atoms with Crippen LogP contribution in [0, 0.1) is 0 Å². The van der Waals surface area contributed by atoms with Crippen LogP contribution in [-0.2, 0) is 0 Å². The smallest absolute Gasteiger partial charge is 0.335 e. The summed E-state index contributed by atoms with van der Waals surface area (Å²) in [6, 6.07) is 6.41. The summed E-state index contributed by atoms with van der Waals surface area (Å²) in [6.45, 7) is 5.89. The Balaban J connectivity index is 2.23. The average Bonchev–Trinajstić information content (AvgIpc) is 2.34. The zero-order valence-electron chi connectivity index (χ0n) is 9.69. The predicted molar refractivity (Wildman–Crippen MR) is 66.6 cm³/mol. The third-order valence-electron chi connectivity index (χ3n) is 2.16. The van der Waals surface area contributed by atoms with Crippen molar-refractivity contribution in [3.63, 3.8) is 0 Å². The lowest BCUT2D eigenvalue weighted by molar-refractivity contribution is 0.0697. The highest BCUT2D eigenvalue weighted by molar-refractivity contribution is 5.87. The summed E-state index contributed by atoms with van der Waals surface area (Å²) >= 11 is 0. The van der Waals surface area contributed by atoms with Crippen molar-refractivity contribution in [2.24, 2.45) is 0 Å². The number of rotatable bonds is 8. The monoisotopic (exact) mass is 235 g/mol. The number of hydrogen-bond donors (Lipinski definition) is 2. The molecule has 0 radical (unpaired) electrons. The number of carboxylic acids is 1. The molecule has 0 saturated heterocycles. The predicted octanol–water partition coefficient (Wildman–Crippen LogP) is 1.93. The molecule has 0 aromatic heterocycles. The number of carbonyl (C=O) groups is 1. The molecule has 0 aliphatic rings. The van der Waals surface area contributed by atoms with Gasteiger partial charge in [0.25, 0.3) is 0 Å². The van der Waals surface area contributed by atoms with Gasteiger partial charge in [-0.2, -0.15) is 0 Å². The number of carboxylic acid groups (broad SMARTS) is 1. The van der Waals surface area contributed by atoms with Crippen molar-refractivity contribution in [1.29, 1.82) is 0 Å². The van der Waals surface area contributed by atoms with E-state index in [0.29, 0.717) is 12.4 Å². The Morgan fingerprint density at radius 1 is 1.41 bits per heavy atom. The van der Waals surface area contributed by atoms with E-state index in [1.54, 1.807) is 12.1 Å². The fourth-order valence-corrected chi connectivity index (χ4v) is 1.29. The maximum Gasteiger partial charge on any atom is 0.335 e. The molecule has 0 atom stereocenters. The minimum Gasteiger partial charge on any atom is -0.494 e. The van der Waals surface area contributed by atoms with Crippen LogP contribution in [0.25, 0.3) is 0 Å². The molecule has 2 N–H and O–H groups in total. The summed E-state index contributed by atoms with van der Waals surface area (Å²) in [4.78, 5) is 10.6. The molecule has 92 valence electrons. The van der Waals surface area contributed by atoms with E-state index in [4.69, 9.17) is 9.84 Å². The molecule has 0 aliphatic carbocycles. The van der Waals surface area contributed by atoms with Crippen LogP contribution in [0.3, 0.4) is 0 Å². The standard InChI is InChI=1S/C13H17NO3/c1-2-8-14-9-3-10-17-12-6-4-11(5-7-12)13(15)16/h2,4-7,14H,1,3,8-10H2,(H,15,16). The van der Waals surface area contributed by atoms with Gasteiger partial charge in [-0.05, 0) is 37.2 Å². The van der Waals surface area contributed by atoms with Crippen molar-refractivity contribution < 1.29 is 14.6 Å². The zero-order chi connectivity index (χ0) is 12.5. The second-order valence-corrected chi connectivity index (χ2v) is 3.52. The van der Waals surface area contributed by atoms with Crippen LogP contribution in [0.1, 0.15) is 16.8 Å². The minimum absolute atomic E-state index is 0.269. The van der Waals surface area contributed by atoms with Crippen LogP contribution < -0.4 is 10.1 Å². The average molecular weight is 235 g/mol. The van der Waals surface area contributed by atoms with Gasteiger partial charge in [-0.1, -0.05) is 6.08 Å². The Morgan fingerprint density at radius 3 is 2.71 bits per heavy atom. The molecule has 0 bridgehead atoms. The van der Waals surface area contributed by atoms with E-state index in [9.17, 15) is 4.79 Å². The van der Waals surface area contributed by atoms with Crippen LogP contribution in [0.15, 0.2) is 36.9 Å². The maximum absolute atomic E-state index is 10.6. The van der Waals surface area contributed by atoms with Crippen LogP contribution in [0.2, 0.25) is 0 Å². The van der Waals surface area contributed by atoms with Crippen molar-refractivity contribution in [2.75, 3.05) is 19.7 Å². The van der Waals surface area contributed by atoms with Gasteiger partial charge in [-0.25, -0.2) is 4.79 Å². The summed E-state index contributed by atoms with van der Waals surface area (Å²) in [5, 5.41) is 11.9. The number of benzene rings is 1. The molecule has 0 aliphatic heterocycles. The highest BCUT2D eigenvalue weighted by Crippen LogP contribution is 2.12. The molecular weight excluding hydrogens is 218 g/mol. The molecule has 0 amide bonds. The fraction of sp³-hybridized carbons (Fsp3) is 0.308. The maximum atomic E-state index is 10.6. The van der Waals surface area contributed by atoms with E-state index in [1.807, 2.05) is 6.08 Å². The van der Waals surface area contributed by atoms with E-state index in [2.05, 4.69) is 11.9 Å². The van der Waals surface area contributed by atoms with E-state index in [1.165, 1.54) is 12.1 Å². The van der Waals surface area contributed by atoms with Crippen LogP contribution in [0.4, 0.5) is 0 Å². The SMILES string of the molecule is C=CCNCCCOc1ccc(C(=O)O)cc1. The minimum atomic E-state index is -0.926. The van der Waals surface area contributed by atoms with Crippen LogP contribution in [-0.4, -0.2) is 30.8 Å². The fourth-order valence-electron chi connectivity index (χ4n) is 1.29. The van der Waals surface area contributed by atoms with Gasteiger partial charge in [0.2, 0.25) is 0 Å². The molecule has 0 saturated carbocycles. The molecule has 0 spiro atoms. The molecular formula is C13H17NO3. The Bertz CT molecular complexity index is 359. The topological polar surface area (TPSA) is 58.6 Å². The van der Waals surface area contributed by atoms with Gasteiger partial charge in [0.05, 0.1) is 12.2 Å². The quantitative estimate of drug-likeness (QED) is 0.534. The molecule has 1 rings (SSSR count). The molecule has 4 heteroatoms. The molecule has 1 aromatic carbocycles. The first-order chi connectivity index (χ1) is 8.24. The first-order valence-electron chi connectivity index (χ1n) is 5.52. The number of nitrogens with one attached hydrogen (secondary N) is 1. The molecule has 0 unspecified atom stereocenters.